The molecule has 44 heavy (non-hydrogen) atoms. The van der Waals surface area contributed by atoms with Gasteiger partial charge in [-0.3, -0.25) is 23.4 Å². The maximum Gasteiger partial charge on any atom is 0.435 e. The van der Waals surface area contributed by atoms with E-state index in [0.717, 1.165) is 13.1 Å². The first-order valence-electron chi connectivity index (χ1n) is 13.2. The number of nitrogens with zero attached hydrogens (tertiary/aromatic N) is 8. The predicted octanol–water partition coefficient (Wildman–Crippen LogP) is 3.54. The molecule has 13 nitrogen and oxygen atoms in total. The van der Waals surface area contributed by atoms with E-state index in [1.807, 2.05) is 0 Å². The van der Waals surface area contributed by atoms with Crippen LogP contribution in [0.25, 0.3) is 16.9 Å². The van der Waals surface area contributed by atoms with Crippen molar-refractivity contribution >= 4 is 41.1 Å². The minimum atomic E-state index is -4.69. The van der Waals surface area contributed by atoms with E-state index in [1.54, 1.807) is 47.1 Å². The SMILES string of the molecule is Cn1nccc1Cn1cc(-c2cnc3c(Nc4ccc(C(=O)N5CCNCC5)c(Cl)c4)nccn23)c(C(F)(F)F)n1.O=CO. The lowest BCUT2D eigenvalue weighted by molar-refractivity contribution is -0.141. The van der Waals surface area contributed by atoms with Crippen molar-refractivity contribution in [2.75, 3.05) is 31.5 Å². The number of nitrogens with one attached hydrogen (secondary N) is 2. The summed E-state index contributed by atoms with van der Waals surface area (Å²) >= 11 is 6.47. The summed E-state index contributed by atoms with van der Waals surface area (Å²) in [5.74, 6) is 0.150. The van der Waals surface area contributed by atoms with Crippen molar-refractivity contribution in [2.45, 2.75) is 12.7 Å². The van der Waals surface area contributed by atoms with Gasteiger partial charge in [-0.05, 0) is 24.3 Å². The van der Waals surface area contributed by atoms with Crippen LogP contribution in [0.1, 0.15) is 21.7 Å². The zero-order valence-corrected chi connectivity index (χ0v) is 23.9. The number of halogens is 4. The normalized spacial score (nSPS) is 13.4. The molecule has 6 rings (SSSR count). The molecule has 1 aliphatic rings. The number of aryl methyl sites for hydroxylation is 1. The van der Waals surface area contributed by atoms with Gasteiger partial charge in [-0.1, -0.05) is 11.6 Å². The zero-order valence-electron chi connectivity index (χ0n) is 23.2. The first kappa shape index (κ1) is 30.5. The van der Waals surface area contributed by atoms with Gasteiger partial charge in [0.05, 0.1) is 40.3 Å². The van der Waals surface area contributed by atoms with Crippen LogP contribution in [0.4, 0.5) is 24.7 Å². The molecule has 0 saturated carbocycles. The highest BCUT2D eigenvalue weighted by atomic mass is 35.5. The molecule has 17 heteroatoms. The summed E-state index contributed by atoms with van der Waals surface area (Å²) in [6, 6.07) is 6.65. The molecule has 0 atom stereocenters. The highest BCUT2D eigenvalue weighted by Gasteiger charge is 2.38. The summed E-state index contributed by atoms with van der Waals surface area (Å²) < 4.78 is 46.4. The van der Waals surface area contributed by atoms with E-state index in [2.05, 4.69) is 30.8 Å². The number of alkyl halides is 3. The zero-order chi connectivity index (χ0) is 31.4. The van der Waals surface area contributed by atoms with Crippen LogP contribution in [-0.2, 0) is 24.6 Å². The van der Waals surface area contributed by atoms with Crippen LogP contribution in [0.15, 0.2) is 55.2 Å². The predicted molar refractivity (Wildman–Crippen MR) is 154 cm³/mol. The number of rotatable bonds is 6. The second-order valence-electron chi connectivity index (χ2n) is 9.61. The summed E-state index contributed by atoms with van der Waals surface area (Å²) in [4.78, 5) is 31.7. The lowest BCUT2D eigenvalue weighted by atomic mass is 10.1. The monoisotopic (exact) mass is 630 g/mol. The number of hydrogen-bond donors (Lipinski definition) is 3. The average Bonchev–Trinajstić information content (AvgIpc) is 3.73. The van der Waals surface area contributed by atoms with E-state index in [4.69, 9.17) is 21.5 Å². The summed E-state index contributed by atoms with van der Waals surface area (Å²) in [5.41, 5.74) is 0.970. The molecule has 0 radical (unpaired) electrons. The molecule has 0 spiro atoms. The third-order valence-electron chi connectivity index (χ3n) is 6.85. The van der Waals surface area contributed by atoms with Crippen LogP contribution in [0.2, 0.25) is 5.02 Å². The highest BCUT2D eigenvalue weighted by molar-refractivity contribution is 6.34. The topological polar surface area (TPSA) is 148 Å². The first-order chi connectivity index (χ1) is 21.1. The standard InChI is InChI=1S/C26H24ClF3N10O.CH2O2/c1-37-17(4-5-34-37)14-39-15-19(22(36-39)26(28,29)30)21-13-33-24-23(32-8-11-40(21)24)35-16-2-3-18(20(27)12-16)25(41)38-9-6-31-7-10-38;2-1-3/h2-5,8,11-13,15,31H,6-7,9-10,14H2,1H3,(H,32,35);1H,(H,2,3). The van der Waals surface area contributed by atoms with Crippen LogP contribution in [0.3, 0.4) is 0 Å². The minimum Gasteiger partial charge on any atom is -0.483 e. The summed E-state index contributed by atoms with van der Waals surface area (Å²) in [5, 5.41) is 21.4. The van der Waals surface area contributed by atoms with Gasteiger partial charge >= 0.3 is 6.18 Å². The fraction of sp³-hybridized carbons (Fsp3) is 0.259. The molecule has 1 amide bonds. The summed E-state index contributed by atoms with van der Waals surface area (Å²) in [6.07, 6.45) is 2.57. The fourth-order valence-corrected chi connectivity index (χ4v) is 5.03. The van der Waals surface area contributed by atoms with Crippen molar-refractivity contribution in [1.82, 2.24) is 44.1 Å². The van der Waals surface area contributed by atoms with Gasteiger partial charge in [-0.25, -0.2) is 9.97 Å². The Bertz CT molecular complexity index is 1790. The summed E-state index contributed by atoms with van der Waals surface area (Å²) in [6.45, 7) is 2.50. The van der Waals surface area contributed by atoms with Gasteiger partial charge in [-0.15, -0.1) is 0 Å². The van der Waals surface area contributed by atoms with Gasteiger partial charge in [0.25, 0.3) is 12.4 Å². The highest BCUT2D eigenvalue weighted by Crippen LogP contribution is 2.37. The lowest BCUT2D eigenvalue weighted by Gasteiger charge is -2.27. The molecule has 3 N–H and O–H groups in total. The Morgan fingerprint density at radius 2 is 1.93 bits per heavy atom. The Kier molecular flexibility index (Phi) is 8.82. The van der Waals surface area contributed by atoms with Gasteiger partial charge in [-0.2, -0.15) is 23.4 Å². The second-order valence-corrected chi connectivity index (χ2v) is 10.0. The molecule has 1 aromatic carbocycles. The number of hydrogen-bond acceptors (Lipinski definition) is 8. The van der Waals surface area contributed by atoms with Crippen molar-refractivity contribution < 1.29 is 27.9 Å². The summed E-state index contributed by atoms with van der Waals surface area (Å²) in [7, 11) is 1.71. The molecule has 1 aliphatic heterocycles. The van der Waals surface area contributed by atoms with Crippen LogP contribution in [-0.4, -0.2) is 82.5 Å². The molecule has 1 fully saturated rings. The van der Waals surface area contributed by atoms with E-state index in [-0.39, 0.29) is 35.2 Å². The van der Waals surface area contributed by atoms with Crippen molar-refractivity contribution in [1.29, 1.82) is 0 Å². The molecule has 0 unspecified atom stereocenters. The van der Waals surface area contributed by atoms with Crippen molar-refractivity contribution in [3.63, 3.8) is 0 Å². The van der Waals surface area contributed by atoms with Gasteiger partial charge in [0.15, 0.2) is 17.2 Å². The third kappa shape index (κ3) is 6.35. The second kappa shape index (κ2) is 12.7. The lowest BCUT2D eigenvalue weighted by Crippen LogP contribution is -2.46. The Hall–Kier alpha value is -4.96. The Morgan fingerprint density at radius 1 is 1.18 bits per heavy atom. The molecule has 5 aromatic rings. The first-order valence-corrected chi connectivity index (χ1v) is 13.6. The Balaban J connectivity index is 0.00000123. The van der Waals surface area contributed by atoms with Crippen molar-refractivity contribution in [3.05, 3.63) is 77.2 Å². The largest absolute Gasteiger partial charge is 0.483 e. The maximum atomic E-state index is 14.0. The number of carbonyl (C=O) groups excluding carboxylic acids is 1. The number of carboxylic acid groups (broad SMARTS) is 1. The van der Waals surface area contributed by atoms with E-state index in [0.29, 0.717) is 41.5 Å². The Labute approximate surface area is 252 Å². The number of piperazine rings is 1. The molecule has 230 valence electrons. The molecule has 0 bridgehead atoms. The van der Waals surface area contributed by atoms with Gasteiger partial charge in [0.2, 0.25) is 0 Å². The quantitative estimate of drug-likeness (QED) is 0.240. The number of benzene rings is 1. The van der Waals surface area contributed by atoms with Gasteiger partial charge in [0, 0.05) is 63.7 Å². The van der Waals surface area contributed by atoms with E-state index in [9.17, 15) is 18.0 Å². The number of carbonyl (C=O) groups is 2. The van der Waals surface area contributed by atoms with Gasteiger partial charge < -0.3 is 20.6 Å². The molecule has 4 aromatic heterocycles. The van der Waals surface area contributed by atoms with Crippen LogP contribution < -0.4 is 10.6 Å². The molecular formula is C27H26ClF3N10O3. The maximum absolute atomic E-state index is 14.0. The number of anilines is 2. The van der Waals surface area contributed by atoms with Crippen LogP contribution >= 0.6 is 11.6 Å². The van der Waals surface area contributed by atoms with Crippen molar-refractivity contribution in [3.8, 4) is 11.3 Å². The Morgan fingerprint density at radius 3 is 2.59 bits per heavy atom. The average molecular weight is 631 g/mol. The number of imidazole rings is 1. The molecule has 5 heterocycles. The molecule has 0 aliphatic carbocycles. The number of aromatic nitrogens is 7. The number of fused-ring (bicyclic) bond motifs is 1. The van der Waals surface area contributed by atoms with E-state index < -0.39 is 11.9 Å². The minimum absolute atomic E-state index is 0.110. The van der Waals surface area contributed by atoms with Crippen LogP contribution in [0, 0.1) is 0 Å². The molecular weight excluding hydrogens is 605 g/mol. The fourth-order valence-electron chi connectivity index (χ4n) is 4.77. The van der Waals surface area contributed by atoms with Gasteiger partial charge in [0.1, 0.15) is 0 Å². The van der Waals surface area contributed by atoms with E-state index in [1.165, 1.54) is 33.9 Å². The van der Waals surface area contributed by atoms with E-state index >= 15 is 0 Å². The smallest absolute Gasteiger partial charge is 0.435 e. The molecule has 1 saturated heterocycles. The number of amides is 1. The van der Waals surface area contributed by atoms with Crippen LogP contribution in [0.5, 0.6) is 0 Å². The van der Waals surface area contributed by atoms with Crippen molar-refractivity contribution in [2.24, 2.45) is 7.05 Å². The third-order valence-corrected chi connectivity index (χ3v) is 7.16.